The van der Waals surface area contributed by atoms with Gasteiger partial charge in [-0.3, -0.25) is 9.80 Å². The van der Waals surface area contributed by atoms with E-state index in [0.29, 0.717) is 0 Å². The molecule has 2 atom stereocenters. The van der Waals surface area contributed by atoms with Gasteiger partial charge >= 0.3 is 0 Å². The third-order valence-electron chi connectivity index (χ3n) is 6.41. The number of hydrogen-bond acceptors (Lipinski definition) is 4. The van der Waals surface area contributed by atoms with Gasteiger partial charge in [-0.25, -0.2) is 0 Å². The first-order valence-electron chi connectivity index (χ1n) is 10.6. The number of hydrogen-bond donors (Lipinski definition) is 2. The predicted octanol–water partition coefficient (Wildman–Crippen LogP) is 3.05. The van der Waals surface area contributed by atoms with Crippen molar-refractivity contribution in [2.24, 2.45) is 0 Å². The smallest absolute Gasteiger partial charge is 0.0822 e. The van der Waals surface area contributed by atoms with Crippen LogP contribution in [0, 0.1) is 6.92 Å². The van der Waals surface area contributed by atoms with E-state index in [4.69, 9.17) is 0 Å². The first-order chi connectivity index (χ1) is 13.6. The van der Waals surface area contributed by atoms with Crippen LogP contribution in [0.4, 0.5) is 0 Å². The molecule has 2 aromatic carbocycles. The van der Waals surface area contributed by atoms with Gasteiger partial charge in [0.2, 0.25) is 0 Å². The van der Waals surface area contributed by atoms with Crippen LogP contribution in [0.2, 0.25) is 0 Å². The monoisotopic (exact) mass is 380 g/mol. The molecule has 0 radical (unpaired) electrons. The van der Waals surface area contributed by atoms with Gasteiger partial charge in [-0.15, -0.1) is 0 Å². The number of β-amino-alcohol motifs (C(OH)–C–C–N with tert-alkyl or cyclic N) is 1. The third kappa shape index (κ3) is 4.47. The molecule has 2 aromatic rings. The SMILES string of the molecule is Cc1ccccc1-c1ccc(CN2CC[C@@H](N3CCC(O)CC3)[C@H](O)C2)cc1. The number of aliphatic hydroxyl groups excluding tert-OH is 2. The molecule has 28 heavy (non-hydrogen) atoms. The molecule has 0 unspecified atom stereocenters. The summed E-state index contributed by atoms with van der Waals surface area (Å²) >= 11 is 0. The zero-order valence-electron chi connectivity index (χ0n) is 16.8. The van der Waals surface area contributed by atoms with Crippen molar-refractivity contribution in [1.29, 1.82) is 0 Å². The Morgan fingerprint density at radius 1 is 0.893 bits per heavy atom. The lowest BCUT2D eigenvalue weighted by Crippen LogP contribution is -2.55. The first kappa shape index (κ1) is 19.6. The van der Waals surface area contributed by atoms with Crippen LogP contribution in [0.5, 0.6) is 0 Å². The summed E-state index contributed by atoms with van der Waals surface area (Å²) in [6.45, 7) is 6.59. The summed E-state index contributed by atoms with van der Waals surface area (Å²) in [4.78, 5) is 4.74. The van der Waals surface area contributed by atoms with Crippen LogP contribution >= 0.6 is 0 Å². The van der Waals surface area contributed by atoms with E-state index in [9.17, 15) is 10.2 Å². The van der Waals surface area contributed by atoms with Crippen molar-refractivity contribution in [3.05, 3.63) is 59.7 Å². The van der Waals surface area contributed by atoms with Crippen LogP contribution in [-0.4, -0.2) is 64.4 Å². The summed E-state index contributed by atoms with van der Waals surface area (Å²) < 4.78 is 0. The number of aliphatic hydroxyl groups is 2. The fourth-order valence-corrected chi connectivity index (χ4v) is 4.72. The Kier molecular flexibility index (Phi) is 6.12. The van der Waals surface area contributed by atoms with Crippen molar-refractivity contribution in [2.45, 2.75) is 51.0 Å². The van der Waals surface area contributed by atoms with Gasteiger partial charge in [-0.05, 0) is 48.4 Å². The molecule has 0 bridgehead atoms. The van der Waals surface area contributed by atoms with Crippen molar-refractivity contribution in [2.75, 3.05) is 26.2 Å². The summed E-state index contributed by atoms with van der Waals surface area (Å²) in [6, 6.07) is 17.6. The summed E-state index contributed by atoms with van der Waals surface area (Å²) in [5.74, 6) is 0. The van der Waals surface area contributed by atoms with Gasteiger partial charge in [-0.2, -0.15) is 0 Å². The predicted molar refractivity (Wildman–Crippen MR) is 113 cm³/mol. The second-order valence-electron chi connectivity index (χ2n) is 8.44. The van der Waals surface area contributed by atoms with Gasteiger partial charge < -0.3 is 10.2 Å². The molecule has 2 N–H and O–H groups in total. The molecule has 150 valence electrons. The average molecular weight is 381 g/mol. The molecule has 2 heterocycles. The zero-order chi connectivity index (χ0) is 19.5. The Morgan fingerprint density at radius 2 is 1.61 bits per heavy atom. The molecule has 2 saturated heterocycles. The standard InChI is InChI=1S/C24H32N2O2/c1-18-4-2-3-5-22(18)20-8-6-19(7-9-20)16-25-13-12-23(24(28)17-25)26-14-10-21(27)11-15-26/h2-9,21,23-24,27-28H,10-17H2,1H3/t23-,24-/m1/s1. The van der Waals surface area contributed by atoms with Crippen LogP contribution in [0.15, 0.2) is 48.5 Å². The van der Waals surface area contributed by atoms with E-state index in [1.807, 2.05) is 0 Å². The highest BCUT2D eigenvalue weighted by Crippen LogP contribution is 2.25. The molecular weight excluding hydrogens is 348 g/mol. The largest absolute Gasteiger partial charge is 0.393 e. The van der Waals surface area contributed by atoms with Gasteiger partial charge in [-0.1, -0.05) is 48.5 Å². The summed E-state index contributed by atoms with van der Waals surface area (Å²) in [5, 5.41) is 20.4. The Labute approximate surface area is 168 Å². The van der Waals surface area contributed by atoms with Crippen molar-refractivity contribution < 1.29 is 10.2 Å². The number of rotatable bonds is 4. The number of nitrogens with zero attached hydrogens (tertiary/aromatic N) is 2. The number of likely N-dealkylation sites (tertiary alicyclic amines) is 2. The lowest BCUT2D eigenvalue weighted by Gasteiger charge is -2.43. The second-order valence-corrected chi connectivity index (χ2v) is 8.44. The molecule has 0 aromatic heterocycles. The molecule has 2 aliphatic heterocycles. The Balaban J connectivity index is 1.34. The van der Waals surface area contributed by atoms with E-state index in [1.54, 1.807) is 0 Å². The second kappa shape index (κ2) is 8.75. The topological polar surface area (TPSA) is 46.9 Å². The molecule has 2 fully saturated rings. The lowest BCUT2D eigenvalue weighted by atomic mass is 9.96. The molecule has 2 aliphatic rings. The summed E-state index contributed by atoms with van der Waals surface area (Å²) in [6.07, 6.45) is 2.20. The first-order valence-corrected chi connectivity index (χ1v) is 10.6. The minimum Gasteiger partial charge on any atom is -0.393 e. The van der Waals surface area contributed by atoms with E-state index in [0.717, 1.165) is 52.0 Å². The average Bonchev–Trinajstić information content (AvgIpc) is 2.70. The molecule has 0 aliphatic carbocycles. The maximum atomic E-state index is 10.7. The Bertz CT molecular complexity index is 768. The van der Waals surface area contributed by atoms with Gasteiger partial charge in [0.15, 0.2) is 0 Å². The Morgan fingerprint density at radius 3 is 2.29 bits per heavy atom. The number of piperidine rings is 2. The van der Waals surface area contributed by atoms with Crippen LogP contribution in [0.3, 0.4) is 0 Å². The Hall–Kier alpha value is -1.72. The minimum absolute atomic E-state index is 0.156. The third-order valence-corrected chi connectivity index (χ3v) is 6.41. The van der Waals surface area contributed by atoms with Crippen LogP contribution in [0.1, 0.15) is 30.4 Å². The lowest BCUT2D eigenvalue weighted by molar-refractivity contribution is -0.0355. The quantitative estimate of drug-likeness (QED) is 0.856. The van der Waals surface area contributed by atoms with Crippen LogP contribution in [-0.2, 0) is 6.54 Å². The molecule has 0 spiro atoms. The molecule has 0 saturated carbocycles. The highest BCUT2D eigenvalue weighted by molar-refractivity contribution is 5.67. The molecular formula is C24H32N2O2. The fourth-order valence-electron chi connectivity index (χ4n) is 4.72. The van der Waals surface area contributed by atoms with Crippen molar-refractivity contribution in [1.82, 2.24) is 9.80 Å². The summed E-state index contributed by atoms with van der Waals surface area (Å²) in [5.41, 5.74) is 5.14. The molecule has 0 amide bonds. The van der Waals surface area contributed by atoms with Gasteiger partial charge in [0.25, 0.3) is 0 Å². The fraction of sp³-hybridized carbons (Fsp3) is 0.500. The van der Waals surface area contributed by atoms with E-state index in [-0.39, 0.29) is 18.2 Å². The van der Waals surface area contributed by atoms with Crippen molar-refractivity contribution in [3.8, 4) is 11.1 Å². The highest BCUT2D eigenvalue weighted by Gasteiger charge is 2.33. The highest BCUT2D eigenvalue weighted by atomic mass is 16.3. The van der Waals surface area contributed by atoms with Gasteiger partial charge in [0.1, 0.15) is 0 Å². The minimum atomic E-state index is -0.310. The maximum Gasteiger partial charge on any atom is 0.0822 e. The van der Waals surface area contributed by atoms with Gasteiger partial charge in [0.05, 0.1) is 12.2 Å². The molecule has 4 rings (SSSR count). The van der Waals surface area contributed by atoms with Gasteiger partial charge in [0, 0.05) is 38.8 Å². The summed E-state index contributed by atoms with van der Waals surface area (Å²) in [7, 11) is 0. The number of benzene rings is 2. The zero-order valence-corrected chi connectivity index (χ0v) is 16.8. The molecule has 4 heteroatoms. The van der Waals surface area contributed by atoms with E-state index < -0.39 is 0 Å². The maximum absolute atomic E-state index is 10.7. The van der Waals surface area contributed by atoms with Crippen molar-refractivity contribution >= 4 is 0 Å². The van der Waals surface area contributed by atoms with E-state index >= 15 is 0 Å². The van der Waals surface area contributed by atoms with Crippen molar-refractivity contribution in [3.63, 3.8) is 0 Å². The van der Waals surface area contributed by atoms with Crippen LogP contribution < -0.4 is 0 Å². The van der Waals surface area contributed by atoms with Crippen LogP contribution in [0.25, 0.3) is 11.1 Å². The molecule has 4 nitrogen and oxygen atoms in total. The number of aryl methyl sites for hydroxylation is 1. The van der Waals surface area contributed by atoms with E-state index in [2.05, 4.69) is 65.3 Å². The normalized spacial score (nSPS) is 25.1. The van der Waals surface area contributed by atoms with E-state index in [1.165, 1.54) is 22.3 Å².